The van der Waals surface area contributed by atoms with Crippen LogP contribution < -0.4 is 5.73 Å². The smallest absolute Gasteiger partial charge is 0.0328 e. The zero-order valence-corrected chi connectivity index (χ0v) is 13.0. The molecule has 0 spiro atoms. The summed E-state index contributed by atoms with van der Waals surface area (Å²) in [5.74, 6) is 0.901. The molecule has 0 aromatic carbocycles. The maximum Gasteiger partial charge on any atom is 0.0328 e. The van der Waals surface area contributed by atoms with Gasteiger partial charge in [0.15, 0.2) is 0 Å². The maximum absolute atomic E-state index is 6.13. The van der Waals surface area contributed by atoms with Crippen LogP contribution in [0.5, 0.6) is 0 Å². The number of hydrogen-bond donors (Lipinski definition) is 1. The Morgan fingerprint density at radius 1 is 1.21 bits per heavy atom. The van der Waals surface area contributed by atoms with Crippen LogP contribution in [0.15, 0.2) is 0 Å². The van der Waals surface area contributed by atoms with E-state index in [0.29, 0.717) is 5.54 Å². The van der Waals surface area contributed by atoms with E-state index in [0.717, 1.165) is 12.5 Å². The van der Waals surface area contributed by atoms with Crippen LogP contribution in [-0.2, 0) is 0 Å². The molecule has 1 saturated heterocycles. The highest BCUT2D eigenvalue weighted by Crippen LogP contribution is 2.35. The van der Waals surface area contributed by atoms with Crippen LogP contribution in [0.3, 0.4) is 0 Å². The quantitative estimate of drug-likeness (QED) is 0.801. The zero-order chi connectivity index (χ0) is 13.7. The average molecular weight is 267 g/mol. The van der Waals surface area contributed by atoms with Crippen LogP contribution in [0.2, 0.25) is 0 Å². The van der Waals surface area contributed by atoms with E-state index in [1.807, 2.05) is 0 Å². The van der Waals surface area contributed by atoms with Crippen molar-refractivity contribution in [3.8, 4) is 0 Å². The van der Waals surface area contributed by atoms with Crippen molar-refractivity contribution in [3.05, 3.63) is 0 Å². The molecule has 2 rings (SSSR count). The second-order valence-corrected chi connectivity index (χ2v) is 6.93. The molecule has 3 heteroatoms. The fourth-order valence-electron chi connectivity index (χ4n) is 3.82. The van der Waals surface area contributed by atoms with Gasteiger partial charge in [0.1, 0.15) is 0 Å². The first kappa shape index (κ1) is 15.3. The lowest BCUT2D eigenvalue weighted by Crippen LogP contribution is -2.54. The first-order valence-corrected chi connectivity index (χ1v) is 8.30. The van der Waals surface area contributed by atoms with Crippen molar-refractivity contribution in [1.82, 2.24) is 9.80 Å². The molecule has 1 aliphatic heterocycles. The second kappa shape index (κ2) is 7.05. The lowest BCUT2D eigenvalue weighted by molar-refractivity contribution is 0.0647. The third kappa shape index (κ3) is 3.93. The van der Waals surface area contributed by atoms with Gasteiger partial charge in [0.2, 0.25) is 0 Å². The summed E-state index contributed by atoms with van der Waals surface area (Å²) in [6.45, 7) is 8.35. The fourth-order valence-corrected chi connectivity index (χ4v) is 3.82. The van der Waals surface area contributed by atoms with E-state index in [-0.39, 0.29) is 0 Å². The average Bonchev–Trinajstić information content (AvgIpc) is 2.93. The molecule has 112 valence electrons. The number of rotatable bonds is 6. The highest BCUT2D eigenvalue weighted by Gasteiger charge is 2.36. The van der Waals surface area contributed by atoms with Crippen molar-refractivity contribution < 1.29 is 0 Å². The number of nitrogens with zero attached hydrogens (tertiary/aromatic N) is 2. The zero-order valence-electron chi connectivity index (χ0n) is 13.0. The van der Waals surface area contributed by atoms with Crippen molar-refractivity contribution in [1.29, 1.82) is 0 Å². The topological polar surface area (TPSA) is 32.5 Å². The van der Waals surface area contributed by atoms with Crippen molar-refractivity contribution in [3.63, 3.8) is 0 Å². The van der Waals surface area contributed by atoms with Gasteiger partial charge in [-0.3, -0.25) is 4.90 Å². The lowest BCUT2D eigenvalue weighted by Gasteiger charge is -2.45. The van der Waals surface area contributed by atoms with Crippen molar-refractivity contribution in [2.75, 3.05) is 39.8 Å². The Labute approximate surface area is 119 Å². The number of hydrogen-bond acceptors (Lipinski definition) is 3. The predicted molar refractivity (Wildman–Crippen MR) is 82.3 cm³/mol. The van der Waals surface area contributed by atoms with Crippen LogP contribution >= 0.6 is 0 Å². The molecule has 0 aromatic heterocycles. The molecule has 19 heavy (non-hydrogen) atoms. The molecule has 1 heterocycles. The first-order valence-electron chi connectivity index (χ1n) is 8.30. The van der Waals surface area contributed by atoms with Gasteiger partial charge in [-0.15, -0.1) is 0 Å². The molecule has 2 aliphatic rings. The SMILES string of the molecule is CC1CCC(CN)(N(C)CCCN2CCCC2)CC1. The van der Waals surface area contributed by atoms with Gasteiger partial charge in [0.05, 0.1) is 0 Å². The minimum atomic E-state index is 0.303. The summed E-state index contributed by atoms with van der Waals surface area (Å²) in [5, 5.41) is 0. The molecule has 0 radical (unpaired) electrons. The van der Waals surface area contributed by atoms with Crippen LogP contribution in [0, 0.1) is 5.92 Å². The molecule has 0 aromatic rings. The summed E-state index contributed by atoms with van der Waals surface area (Å²) in [7, 11) is 2.30. The minimum absolute atomic E-state index is 0.303. The molecular weight excluding hydrogens is 234 g/mol. The van der Waals surface area contributed by atoms with Crippen molar-refractivity contribution in [2.24, 2.45) is 11.7 Å². The summed E-state index contributed by atoms with van der Waals surface area (Å²) >= 11 is 0. The normalized spacial score (nSPS) is 33.2. The summed E-state index contributed by atoms with van der Waals surface area (Å²) in [6.07, 6.45) is 9.41. The van der Waals surface area contributed by atoms with Crippen LogP contribution in [-0.4, -0.2) is 55.1 Å². The van der Waals surface area contributed by atoms with Gasteiger partial charge in [-0.2, -0.15) is 0 Å². The fraction of sp³-hybridized carbons (Fsp3) is 1.00. The van der Waals surface area contributed by atoms with Crippen LogP contribution in [0.1, 0.15) is 51.9 Å². The van der Waals surface area contributed by atoms with Crippen molar-refractivity contribution in [2.45, 2.75) is 57.4 Å². The van der Waals surface area contributed by atoms with Gasteiger partial charge in [0.25, 0.3) is 0 Å². The third-order valence-electron chi connectivity index (χ3n) is 5.56. The molecule has 1 saturated carbocycles. The standard InChI is InChI=1S/C16H33N3/c1-15-6-8-16(14-17,9-7-15)18(2)10-5-13-19-11-3-4-12-19/h15H,3-14,17H2,1-2H3. The largest absolute Gasteiger partial charge is 0.329 e. The van der Waals surface area contributed by atoms with Gasteiger partial charge in [-0.05, 0) is 84.1 Å². The minimum Gasteiger partial charge on any atom is -0.329 e. The Bertz CT molecular complexity index is 253. The summed E-state index contributed by atoms with van der Waals surface area (Å²) < 4.78 is 0. The molecule has 2 N–H and O–H groups in total. The molecule has 0 unspecified atom stereocenters. The molecule has 1 aliphatic carbocycles. The number of nitrogens with two attached hydrogens (primary N) is 1. The molecule has 0 atom stereocenters. The highest BCUT2D eigenvalue weighted by atomic mass is 15.2. The number of likely N-dealkylation sites (tertiary alicyclic amines) is 1. The number of likely N-dealkylation sites (N-methyl/N-ethyl adjacent to an activating group) is 1. The molecule has 3 nitrogen and oxygen atoms in total. The van der Waals surface area contributed by atoms with E-state index in [2.05, 4.69) is 23.8 Å². The Balaban J connectivity index is 1.74. The second-order valence-electron chi connectivity index (χ2n) is 6.93. The molecule has 2 fully saturated rings. The Morgan fingerprint density at radius 3 is 2.42 bits per heavy atom. The third-order valence-corrected chi connectivity index (χ3v) is 5.56. The van der Waals surface area contributed by atoms with Gasteiger partial charge < -0.3 is 10.6 Å². The van der Waals surface area contributed by atoms with E-state index in [1.165, 1.54) is 71.1 Å². The van der Waals surface area contributed by atoms with Gasteiger partial charge in [0, 0.05) is 12.1 Å². The lowest BCUT2D eigenvalue weighted by atomic mass is 9.76. The summed E-state index contributed by atoms with van der Waals surface area (Å²) in [4.78, 5) is 5.20. The highest BCUT2D eigenvalue weighted by molar-refractivity contribution is 4.94. The molecule has 0 bridgehead atoms. The van der Waals surface area contributed by atoms with E-state index in [4.69, 9.17) is 5.73 Å². The van der Waals surface area contributed by atoms with Gasteiger partial charge in [-0.1, -0.05) is 6.92 Å². The molecule has 0 amide bonds. The Hall–Kier alpha value is -0.120. The van der Waals surface area contributed by atoms with E-state index >= 15 is 0 Å². The Kier molecular flexibility index (Phi) is 5.67. The van der Waals surface area contributed by atoms with Gasteiger partial charge in [-0.25, -0.2) is 0 Å². The first-order chi connectivity index (χ1) is 9.16. The van der Waals surface area contributed by atoms with Crippen LogP contribution in [0.4, 0.5) is 0 Å². The monoisotopic (exact) mass is 267 g/mol. The van der Waals surface area contributed by atoms with E-state index < -0.39 is 0 Å². The molecular formula is C16H33N3. The van der Waals surface area contributed by atoms with Gasteiger partial charge >= 0.3 is 0 Å². The summed E-state index contributed by atoms with van der Waals surface area (Å²) in [5.41, 5.74) is 6.43. The maximum atomic E-state index is 6.13. The van der Waals surface area contributed by atoms with Crippen molar-refractivity contribution >= 4 is 0 Å². The van der Waals surface area contributed by atoms with E-state index in [9.17, 15) is 0 Å². The van der Waals surface area contributed by atoms with E-state index in [1.54, 1.807) is 0 Å². The van der Waals surface area contributed by atoms with Crippen LogP contribution in [0.25, 0.3) is 0 Å². The Morgan fingerprint density at radius 2 is 1.84 bits per heavy atom. The predicted octanol–water partition coefficient (Wildman–Crippen LogP) is 2.31. The summed E-state index contributed by atoms with van der Waals surface area (Å²) in [6, 6.07) is 0.